The van der Waals surface area contributed by atoms with Gasteiger partial charge in [0.15, 0.2) is 0 Å². The van der Waals surface area contributed by atoms with Gasteiger partial charge in [-0.3, -0.25) is 4.90 Å². The van der Waals surface area contributed by atoms with Crippen LogP contribution >= 0.6 is 0 Å². The van der Waals surface area contributed by atoms with E-state index in [0.717, 1.165) is 38.4 Å². The first-order valence-corrected chi connectivity index (χ1v) is 7.40. The number of furan rings is 1. The monoisotopic (exact) mass is 295 g/mol. The number of hydrogen-bond acceptors (Lipinski definition) is 4. The van der Waals surface area contributed by atoms with Gasteiger partial charge in [-0.05, 0) is 25.5 Å². The number of likely N-dealkylation sites (tertiary alicyclic amines) is 1. The standard InChI is InChI=1S/C15H25N3O3/c1-12(14-5-4-9-21-14)17(2)15(19)16-13-6-7-18(11-13)8-10-20-3/h4-5,9,12-13H,6-8,10-11H2,1-3H3,(H,16,19)/t12-,13+/m1/s1. The molecule has 1 fully saturated rings. The second-order valence-electron chi connectivity index (χ2n) is 5.53. The lowest BCUT2D eigenvalue weighted by Gasteiger charge is -2.25. The maximum Gasteiger partial charge on any atom is 0.318 e. The lowest BCUT2D eigenvalue weighted by Crippen LogP contribution is -2.45. The van der Waals surface area contributed by atoms with Gasteiger partial charge in [0.05, 0.1) is 18.9 Å². The summed E-state index contributed by atoms with van der Waals surface area (Å²) in [6, 6.07) is 3.79. The van der Waals surface area contributed by atoms with E-state index in [1.54, 1.807) is 25.3 Å². The van der Waals surface area contributed by atoms with Gasteiger partial charge in [0, 0.05) is 39.8 Å². The van der Waals surface area contributed by atoms with E-state index in [9.17, 15) is 4.79 Å². The number of nitrogens with zero attached hydrogens (tertiary/aromatic N) is 2. The highest BCUT2D eigenvalue weighted by atomic mass is 16.5. The summed E-state index contributed by atoms with van der Waals surface area (Å²) in [5, 5.41) is 3.09. The number of ether oxygens (including phenoxy) is 1. The number of rotatable bonds is 6. The SMILES string of the molecule is COCCN1CC[C@H](NC(=O)N(C)[C@H](C)c2ccco2)C1. The number of carbonyl (C=O) groups excluding carboxylic acids is 1. The zero-order chi connectivity index (χ0) is 15.2. The Balaban J connectivity index is 1.79. The van der Waals surface area contributed by atoms with Crippen molar-refractivity contribution in [2.24, 2.45) is 0 Å². The fourth-order valence-corrected chi connectivity index (χ4v) is 2.55. The number of urea groups is 1. The van der Waals surface area contributed by atoms with Gasteiger partial charge in [0.2, 0.25) is 0 Å². The zero-order valence-corrected chi connectivity index (χ0v) is 13.0. The quantitative estimate of drug-likeness (QED) is 0.868. The first-order valence-electron chi connectivity index (χ1n) is 7.40. The molecule has 1 aliphatic rings. The second-order valence-corrected chi connectivity index (χ2v) is 5.53. The smallest absolute Gasteiger partial charge is 0.318 e. The third kappa shape index (κ3) is 4.22. The van der Waals surface area contributed by atoms with Crippen LogP contribution in [0.5, 0.6) is 0 Å². The molecular formula is C15H25N3O3. The van der Waals surface area contributed by atoms with E-state index in [2.05, 4.69) is 10.2 Å². The molecule has 1 aromatic rings. The van der Waals surface area contributed by atoms with Crippen LogP contribution in [-0.4, -0.2) is 62.3 Å². The molecule has 0 radical (unpaired) electrons. The van der Waals surface area contributed by atoms with Crippen LogP contribution in [0, 0.1) is 0 Å². The minimum absolute atomic E-state index is 0.0579. The number of amides is 2. The van der Waals surface area contributed by atoms with Crippen LogP contribution in [0.25, 0.3) is 0 Å². The Kier molecular flexibility index (Phi) is 5.64. The van der Waals surface area contributed by atoms with Gasteiger partial charge in [0.1, 0.15) is 5.76 Å². The summed E-state index contributed by atoms with van der Waals surface area (Å²) < 4.78 is 10.4. The highest BCUT2D eigenvalue weighted by molar-refractivity contribution is 5.74. The maximum atomic E-state index is 12.3. The molecule has 1 N–H and O–H groups in total. The van der Waals surface area contributed by atoms with E-state index in [1.807, 2.05) is 19.1 Å². The molecule has 0 bridgehead atoms. The van der Waals surface area contributed by atoms with Gasteiger partial charge in [0.25, 0.3) is 0 Å². The molecule has 2 atom stereocenters. The average Bonchev–Trinajstić information content (AvgIpc) is 3.15. The first-order chi connectivity index (χ1) is 10.1. The average molecular weight is 295 g/mol. The summed E-state index contributed by atoms with van der Waals surface area (Å²) in [4.78, 5) is 16.3. The Morgan fingerprint density at radius 1 is 1.67 bits per heavy atom. The molecule has 0 aliphatic carbocycles. The molecule has 1 saturated heterocycles. The summed E-state index contributed by atoms with van der Waals surface area (Å²) >= 11 is 0. The Morgan fingerprint density at radius 3 is 3.14 bits per heavy atom. The largest absolute Gasteiger partial charge is 0.467 e. The third-order valence-electron chi connectivity index (χ3n) is 4.07. The molecule has 21 heavy (non-hydrogen) atoms. The van der Waals surface area contributed by atoms with Gasteiger partial charge in [-0.15, -0.1) is 0 Å². The number of hydrogen-bond donors (Lipinski definition) is 1. The van der Waals surface area contributed by atoms with Gasteiger partial charge in [-0.25, -0.2) is 4.79 Å². The third-order valence-corrected chi connectivity index (χ3v) is 4.07. The van der Waals surface area contributed by atoms with Gasteiger partial charge in [-0.2, -0.15) is 0 Å². The van der Waals surface area contributed by atoms with Crippen molar-refractivity contribution in [3.8, 4) is 0 Å². The van der Waals surface area contributed by atoms with Crippen LogP contribution in [-0.2, 0) is 4.74 Å². The molecule has 6 nitrogen and oxygen atoms in total. The highest BCUT2D eigenvalue weighted by Gasteiger charge is 2.26. The molecule has 2 heterocycles. The van der Waals surface area contributed by atoms with Gasteiger partial charge in [-0.1, -0.05) is 0 Å². The van der Waals surface area contributed by atoms with E-state index < -0.39 is 0 Å². The maximum absolute atomic E-state index is 12.3. The van der Waals surface area contributed by atoms with Crippen molar-refractivity contribution in [3.05, 3.63) is 24.2 Å². The van der Waals surface area contributed by atoms with Crippen molar-refractivity contribution in [2.45, 2.75) is 25.4 Å². The van der Waals surface area contributed by atoms with Crippen LogP contribution in [0.4, 0.5) is 4.79 Å². The first kappa shape index (κ1) is 15.9. The van der Waals surface area contributed by atoms with E-state index >= 15 is 0 Å². The normalized spacial score (nSPS) is 20.4. The van der Waals surface area contributed by atoms with Crippen molar-refractivity contribution < 1.29 is 13.9 Å². The van der Waals surface area contributed by atoms with Crippen LogP contribution in [0.1, 0.15) is 25.1 Å². The molecule has 2 amide bonds. The topological polar surface area (TPSA) is 58.0 Å². The minimum atomic E-state index is -0.0778. The van der Waals surface area contributed by atoms with Crippen molar-refractivity contribution in [1.29, 1.82) is 0 Å². The van der Waals surface area contributed by atoms with Crippen molar-refractivity contribution in [2.75, 3.05) is 40.4 Å². The number of nitrogens with one attached hydrogen (secondary N) is 1. The molecule has 2 rings (SSSR count). The Labute approximate surface area is 126 Å². The van der Waals surface area contributed by atoms with Crippen LogP contribution < -0.4 is 5.32 Å². The molecule has 1 aliphatic heterocycles. The predicted molar refractivity (Wildman–Crippen MR) is 80.1 cm³/mol. The lowest BCUT2D eigenvalue weighted by molar-refractivity contribution is 0.158. The molecule has 0 saturated carbocycles. The Bertz CT molecular complexity index is 435. The van der Waals surface area contributed by atoms with Gasteiger partial charge < -0.3 is 19.4 Å². The number of methoxy groups -OCH3 is 1. The Morgan fingerprint density at radius 2 is 2.48 bits per heavy atom. The van der Waals surface area contributed by atoms with E-state index in [4.69, 9.17) is 9.15 Å². The zero-order valence-electron chi connectivity index (χ0n) is 13.0. The second kappa shape index (κ2) is 7.47. The minimum Gasteiger partial charge on any atom is -0.467 e. The highest BCUT2D eigenvalue weighted by Crippen LogP contribution is 2.19. The predicted octanol–water partition coefficient (Wildman–Crippen LogP) is 1.70. The van der Waals surface area contributed by atoms with E-state index in [0.29, 0.717) is 0 Å². The summed E-state index contributed by atoms with van der Waals surface area (Å²) in [6.07, 6.45) is 2.61. The molecule has 118 valence electrons. The summed E-state index contributed by atoms with van der Waals surface area (Å²) in [6.45, 7) is 5.50. The summed E-state index contributed by atoms with van der Waals surface area (Å²) in [7, 11) is 3.50. The molecular weight excluding hydrogens is 270 g/mol. The van der Waals surface area contributed by atoms with Crippen molar-refractivity contribution in [3.63, 3.8) is 0 Å². The summed E-state index contributed by atoms with van der Waals surface area (Å²) in [5.74, 6) is 0.792. The fourth-order valence-electron chi connectivity index (χ4n) is 2.55. The van der Waals surface area contributed by atoms with Gasteiger partial charge >= 0.3 is 6.03 Å². The molecule has 6 heteroatoms. The fraction of sp³-hybridized carbons (Fsp3) is 0.667. The molecule has 0 aromatic carbocycles. The van der Waals surface area contributed by atoms with Crippen LogP contribution in [0.3, 0.4) is 0 Å². The molecule has 1 aromatic heterocycles. The van der Waals surface area contributed by atoms with E-state index in [1.165, 1.54) is 0 Å². The van der Waals surface area contributed by atoms with Crippen LogP contribution in [0.15, 0.2) is 22.8 Å². The van der Waals surface area contributed by atoms with E-state index in [-0.39, 0.29) is 18.1 Å². The molecule has 0 unspecified atom stereocenters. The lowest BCUT2D eigenvalue weighted by atomic mass is 10.2. The van der Waals surface area contributed by atoms with Crippen molar-refractivity contribution >= 4 is 6.03 Å². The molecule has 0 spiro atoms. The van der Waals surface area contributed by atoms with Crippen LogP contribution in [0.2, 0.25) is 0 Å². The summed E-state index contributed by atoms with van der Waals surface area (Å²) in [5.41, 5.74) is 0. The Hall–Kier alpha value is -1.53. The number of carbonyl (C=O) groups is 1. The van der Waals surface area contributed by atoms with Crippen molar-refractivity contribution in [1.82, 2.24) is 15.1 Å².